The van der Waals surface area contributed by atoms with E-state index in [1.165, 1.54) is 0 Å². The largest absolute Gasteiger partial charge is 0.465 e. The Balaban J connectivity index is 1.95. The van der Waals surface area contributed by atoms with Gasteiger partial charge in [-0.05, 0) is 25.2 Å². The first-order chi connectivity index (χ1) is 9.97. The third-order valence-electron chi connectivity index (χ3n) is 3.89. The molecule has 0 aliphatic carbocycles. The van der Waals surface area contributed by atoms with Crippen LogP contribution in [-0.2, 0) is 17.8 Å². The van der Waals surface area contributed by atoms with Crippen molar-refractivity contribution in [2.24, 2.45) is 11.8 Å². The first-order valence-corrected chi connectivity index (χ1v) is 7.52. The summed E-state index contributed by atoms with van der Waals surface area (Å²) >= 11 is 0. The lowest BCUT2D eigenvalue weighted by Crippen LogP contribution is -2.44. The Kier molecular flexibility index (Phi) is 4.98. The number of nitrogens with zero attached hydrogens (tertiary/aromatic N) is 3. The van der Waals surface area contributed by atoms with E-state index in [9.17, 15) is 9.59 Å². The van der Waals surface area contributed by atoms with Gasteiger partial charge in [0.1, 0.15) is 0 Å². The van der Waals surface area contributed by atoms with E-state index in [1.807, 2.05) is 10.8 Å². The molecular formula is C15H23N3O3. The van der Waals surface area contributed by atoms with Gasteiger partial charge in [0.2, 0.25) is 5.91 Å². The molecule has 1 fully saturated rings. The van der Waals surface area contributed by atoms with Crippen molar-refractivity contribution in [3.05, 3.63) is 18.2 Å². The predicted molar refractivity (Wildman–Crippen MR) is 77.8 cm³/mol. The summed E-state index contributed by atoms with van der Waals surface area (Å²) in [5.74, 6) is 0.0914. The minimum absolute atomic E-state index is 0.261. The second-order valence-electron chi connectivity index (χ2n) is 6.10. The van der Waals surface area contributed by atoms with Gasteiger partial charge in [-0.15, -0.1) is 0 Å². The molecule has 1 aromatic rings. The van der Waals surface area contributed by atoms with Crippen LogP contribution in [0.3, 0.4) is 0 Å². The zero-order chi connectivity index (χ0) is 15.4. The van der Waals surface area contributed by atoms with Crippen molar-refractivity contribution in [3.63, 3.8) is 0 Å². The summed E-state index contributed by atoms with van der Waals surface area (Å²) < 4.78 is 2.04. The number of amides is 2. The normalized spacial score (nSPS) is 19.3. The topological polar surface area (TPSA) is 75.4 Å². The monoisotopic (exact) mass is 293 g/mol. The maximum absolute atomic E-state index is 12.1. The van der Waals surface area contributed by atoms with E-state index in [1.54, 1.807) is 6.33 Å². The van der Waals surface area contributed by atoms with Gasteiger partial charge < -0.3 is 9.67 Å². The van der Waals surface area contributed by atoms with Gasteiger partial charge >= 0.3 is 6.09 Å². The van der Waals surface area contributed by atoms with Gasteiger partial charge in [0.05, 0.1) is 12.0 Å². The van der Waals surface area contributed by atoms with E-state index in [4.69, 9.17) is 5.11 Å². The maximum Gasteiger partial charge on any atom is 0.414 e. The predicted octanol–water partition coefficient (Wildman–Crippen LogP) is 2.39. The molecule has 0 aromatic carbocycles. The summed E-state index contributed by atoms with van der Waals surface area (Å²) in [6.07, 6.45) is 5.70. The smallest absolute Gasteiger partial charge is 0.414 e. The molecule has 0 radical (unpaired) electrons. The molecule has 2 amide bonds. The minimum Gasteiger partial charge on any atom is -0.465 e. The standard InChI is InChI=1S/C15H23N3O3/c1-11(2)5-7-17-9-13(16-10-17)8-12-4-3-6-18(14(12)19)15(20)21/h9-12H,3-8H2,1-2H3,(H,20,21). The van der Waals surface area contributed by atoms with Gasteiger partial charge in [-0.1, -0.05) is 13.8 Å². The number of piperidine rings is 1. The van der Waals surface area contributed by atoms with Crippen LogP contribution in [0.1, 0.15) is 38.8 Å². The van der Waals surface area contributed by atoms with Crippen molar-refractivity contribution >= 4 is 12.0 Å². The van der Waals surface area contributed by atoms with Gasteiger partial charge in [0.25, 0.3) is 0 Å². The average Bonchev–Trinajstić information content (AvgIpc) is 2.86. The SMILES string of the molecule is CC(C)CCn1cnc(CC2CCCN(C(=O)O)C2=O)c1. The molecule has 1 unspecified atom stereocenters. The maximum atomic E-state index is 12.1. The van der Waals surface area contributed by atoms with Crippen molar-refractivity contribution in [2.45, 2.75) is 46.1 Å². The highest BCUT2D eigenvalue weighted by Gasteiger charge is 2.32. The van der Waals surface area contributed by atoms with Gasteiger partial charge in [-0.2, -0.15) is 0 Å². The summed E-state index contributed by atoms with van der Waals surface area (Å²) in [7, 11) is 0. The molecule has 2 heterocycles. The number of aromatic nitrogens is 2. The molecule has 1 aliphatic rings. The lowest BCUT2D eigenvalue weighted by atomic mass is 9.93. The Labute approximate surface area is 124 Å². The number of carboxylic acid groups (broad SMARTS) is 1. The fourth-order valence-electron chi connectivity index (χ4n) is 2.62. The van der Waals surface area contributed by atoms with Gasteiger partial charge in [0.15, 0.2) is 0 Å². The van der Waals surface area contributed by atoms with Crippen molar-refractivity contribution in [2.75, 3.05) is 6.54 Å². The molecular weight excluding hydrogens is 270 g/mol. The fourth-order valence-corrected chi connectivity index (χ4v) is 2.62. The Morgan fingerprint density at radius 3 is 2.95 bits per heavy atom. The van der Waals surface area contributed by atoms with E-state index in [0.29, 0.717) is 18.9 Å². The number of imidazole rings is 1. The average molecular weight is 293 g/mol. The fraction of sp³-hybridized carbons (Fsp3) is 0.667. The Hall–Kier alpha value is -1.85. The number of hydrogen-bond donors (Lipinski definition) is 1. The molecule has 0 spiro atoms. The molecule has 1 saturated heterocycles. The number of imide groups is 1. The van der Waals surface area contributed by atoms with E-state index < -0.39 is 6.09 Å². The number of aryl methyl sites for hydroxylation is 1. The van der Waals surface area contributed by atoms with Gasteiger partial charge in [-0.25, -0.2) is 14.7 Å². The Bertz CT molecular complexity index is 510. The molecule has 0 bridgehead atoms. The van der Waals surface area contributed by atoms with Gasteiger partial charge in [0, 0.05) is 31.6 Å². The molecule has 6 nitrogen and oxygen atoms in total. The van der Waals surface area contributed by atoms with Crippen LogP contribution >= 0.6 is 0 Å². The zero-order valence-corrected chi connectivity index (χ0v) is 12.7. The lowest BCUT2D eigenvalue weighted by Gasteiger charge is -2.28. The van der Waals surface area contributed by atoms with Crippen LogP contribution in [0.15, 0.2) is 12.5 Å². The van der Waals surface area contributed by atoms with Crippen LogP contribution in [0.4, 0.5) is 4.79 Å². The third-order valence-corrected chi connectivity index (χ3v) is 3.89. The van der Waals surface area contributed by atoms with Crippen LogP contribution in [0.5, 0.6) is 0 Å². The Morgan fingerprint density at radius 2 is 2.29 bits per heavy atom. The molecule has 116 valence electrons. The summed E-state index contributed by atoms with van der Waals surface area (Å²) in [5, 5.41) is 9.00. The molecule has 2 rings (SSSR count). The van der Waals surface area contributed by atoms with Crippen LogP contribution in [0.2, 0.25) is 0 Å². The van der Waals surface area contributed by atoms with E-state index in [-0.39, 0.29) is 11.8 Å². The summed E-state index contributed by atoms with van der Waals surface area (Å²) in [4.78, 5) is 28.4. The zero-order valence-electron chi connectivity index (χ0n) is 12.7. The quantitative estimate of drug-likeness (QED) is 0.904. The number of hydrogen-bond acceptors (Lipinski definition) is 3. The van der Waals surface area contributed by atoms with E-state index in [0.717, 1.165) is 36.4 Å². The van der Waals surface area contributed by atoms with Crippen molar-refractivity contribution in [1.82, 2.24) is 14.5 Å². The highest BCUT2D eigenvalue weighted by molar-refractivity contribution is 5.93. The van der Waals surface area contributed by atoms with Crippen LogP contribution in [0.25, 0.3) is 0 Å². The molecule has 6 heteroatoms. The van der Waals surface area contributed by atoms with Gasteiger partial charge in [-0.3, -0.25) is 4.79 Å². The highest BCUT2D eigenvalue weighted by atomic mass is 16.4. The lowest BCUT2D eigenvalue weighted by molar-refractivity contribution is -0.135. The summed E-state index contributed by atoms with van der Waals surface area (Å²) in [5.41, 5.74) is 0.865. The molecule has 21 heavy (non-hydrogen) atoms. The molecule has 0 saturated carbocycles. The van der Waals surface area contributed by atoms with E-state index >= 15 is 0 Å². The summed E-state index contributed by atoms with van der Waals surface area (Å²) in [6.45, 7) is 5.59. The first kappa shape index (κ1) is 15.5. The number of likely N-dealkylation sites (tertiary alicyclic amines) is 1. The Morgan fingerprint density at radius 1 is 1.52 bits per heavy atom. The second kappa shape index (κ2) is 6.74. The van der Waals surface area contributed by atoms with Crippen LogP contribution < -0.4 is 0 Å². The first-order valence-electron chi connectivity index (χ1n) is 7.52. The van der Waals surface area contributed by atoms with Crippen molar-refractivity contribution in [1.29, 1.82) is 0 Å². The van der Waals surface area contributed by atoms with Crippen molar-refractivity contribution in [3.8, 4) is 0 Å². The van der Waals surface area contributed by atoms with Crippen LogP contribution in [0, 0.1) is 11.8 Å². The number of carbonyl (C=O) groups excluding carboxylic acids is 1. The van der Waals surface area contributed by atoms with Crippen LogP contribution in [-0.4, -0.2) is 38.1 Å². The van der Waals surface area contributed by atoms with E-state index in [2.05, 4.69) is 18.8 Å². The molecule has 1 N–H and O–H groups in total. The second-order valence-corrected chi connectivity index (χ2v) is 6.10. The number of rotatable bonds is 5. The molecule has 1 aliphatic heterocycles. The van der Waals surface area contributed by atoms with Crippen molar-refractivity contribution < 1.29 is 14.7 Å². The minimum atomic E-state index is -1.15. The number of carbonyl (C=O) groups is 2. The molecule has 1 atom stereocenters. The highest BCUT2D eigenvalue weighted by Crippen LogP contribution is 2.21. The molecule has 1 aromatic heterocycles. The third kappa shape index (κ3) is 4.06. The summed E-state index contributed by atoms with van der Waals surface area (Å²) in [6, 6.07) is 0.